The van der Waals surface area contributed by atoms with Gasteiger partial charge >= 0.3 is 0 Å². The van der Waals surface area contributed by atoms with E-state index in [2.05, 4.69) is 10.1 Å². The summed E-state index contributed by atoms with van der Waals surface area (Å²) in [4.78, 5) is 4.73. The van der Waals surface area contributed by atoms with E-state index in [4.69, 9.17) is 10.3 Å². The van der Waals surface area contributed by atoms with E-state index >= 15 is 0 Å². The zero-order valence-electron chi connectivity index (χ0n) is 14.1. The zero-order valence-corrected chi connectivity index (χ0v) is 14.9. The van der Waals surface area contributed by atoms with Crippen LogP contribution in [0.5, 0.6) is 0 Å². The summed E-state index contributed by atoms with van der Waals surface area (Å²) in [6, 6.07) is 10.9. The van der Waals surface area contributed by atoms with Gasteiger partial charge in [0.05, 0.1) is 16.1 Å². The molecular weight excluding hydrogens is 352 g/mol. The van der Waals surface area contributed by atoms with Gasteiger partial charge in [0, 0.05) is 5.39 Å². The third kappa shape index (κ3) is 2.12. The highest BCUT2D eigenvalue weighted by Crippen LogP contribution is 2.42. The summed E-state index contributed by atoms with van der Waals surface area (Å²) in [5.74, 6) is 0.724. The highest BCUT2D eigenvalue weighted by molar-refractivity contribution is 7.93. The molecule has 0 amide bonds. The summed E-state index contributed by atoms with van der Waals surface area (Å²) in [7, 11) is -3.65. The molecule has 26 heavy (non-hydrogen) atoms. The van der Waals surface area contributed by atoms with Crippen molar-refractivity contribution in [2.45, 2.75) is 42.7 Å². The first-order chi connectivity index (χ1) is 12.5. The van der Waals surface area contributed by atoms with Crippen LogP contribution in [-0.4, -0.2) is 18.6 Å². The van der Waals surface area contributed by atoms with E-state index in [0.29, 0.717) is 16.4 Å². The average molecular weight is 370 g/mol. The molecule has 1 aromatic heterocycles. The van der Waals surface area contributed by atoms with Crippen LogP contribution in [-0.2, 0) is 22.1 Å². The zero-order chi connectivity index (χ0) is 17.9. The van der Waals surface area contributed by atoms with Crippen molar-refractivity contribution >= 4 is 26.5 Å². The smallest absolute Gasteiger partial charge is 0.265 e. The van der Waals surface area contributed by atoms with Crippen molar-refractivity contribution in [3.8, 4) is 0 Å². The van der Waals surface area contributed by atoms with Gasteiger partial charge in [-0.1, -0.05) is 42.3 Å². The summed E-state index contributed by atoms with van der Waals surface area (Å²) in [5.41, 5.74) is 6.45. The Labute approximate surface area is 150 Å². The second kappa shape index (κ2) is 5.28. The largest absolute Gasteiger partial charge is 0.337 e. The molecule has 8 heteroatoms. The van der Waals surface area contributed by atoms with E-state index in [0.717, 1.165) is 36.5 Å². The first-order valence-corrected chi connectivity index (χ1v) is 10.1. The Kier molecular flexibility index (Phi) is 3.20. The van der Waals surface area contributed by atoms with Crippen LogP contribution in [0.2, 0.25) is 0 Å². The Morgan fingerprint density at radius 2 is 1.88 bits per heavy atom. The molecule has 0 radical (unpaired) electrons. The molecule has 5 rings (SSSR count). The van der Waals surface area contributed by atoms with Crippen molar-refractivity contribution in [1.82, 2.24) is 10.1 Å². The monoisotopic (exact) mass is 370 g/mol. The quantitative estimate of drug-likeness (QED) is 0.760. The molecular formula is C18H18N4O3S. The highest BCUT2D eigenvalue weighted by Gasteiger charge is 2.39. The highest BCUT2D eigenvalue weighted by atomic mass is 32.2. The topological polar surface area (TPSA) is 102 Å². The number of sulfonamides is 1. The number of nitrogens with zero attached hydrogens (tertiary/aromatic N) is 3. The van der Waals surface area contributed by atoms with Gasteiger partial charge in [0.25, 0.3) is 10.0 Å². The first kappa shape index (κ1) is 15.8. The SMILES string of the molecule is NC1(c2noc(CN3c4cccc5cccc(c45)S3(=O)=O)n2)CCCC1. The van der Waals surface area contributed by atoms with Gasteiger partial charge in [0.15, 0.2) is 5.82 Å². The summed E-state index contributed by atoms with van der Waals surface area (Å²) in [5, 5.41) is 5.65. The third-order valence-corrected chi connectivity index (χ3v) is 7.17. The molecule has 1 aliphatic carbocycles. The maximum Gasteiger partial charge on any atom is 0.265 e. The standard InChI is InChI=1S/C18H18N4O3S/c19-18(9-1-2-10-18)17-20-15(25-21-17)11-22-13-7-3-5-12-6-4-8-14(16(12)13)26(22,23)24/h3-8H,1-2,9-11,19H2. The summed E-state index contributed by atoms with van der Waals surface area (Å²) in [6.07, 6.45) is 3.72. The van der Waals surface area contributed by atoms with E-state index in [1.807, 2.05) is 18.2 Å². The molecule has 2 aromatic carbocycles. The van der Waals surface area contributed by atoms with Crippen molar-refractivity contribution in [1.29, 1.82) is 0 Å². The summed E-state index contributed by atoms with van der Waals surface area (Å²) >= 11 is 0. The second-order valence-electron chi connectivity index (χ2n) is 7.02. The molecule has 0 unspecified atom stereocenters. The molecule has 3 aromatic rings. The molecule has 0 saturated heterocycles. The van der Waals surface area contributed by atoms with Gasteiger partial charge in [-0.3, -0.25) is 4.31 Å². The van der Waals surface area contributed by atoms with Gasteiger partial charge in [0.2, 0.25) is 5.89 Å². The van der Waals surface area contributed by atoms with Crippen molar-refractivity contribution in [3.05, 3.63) is 48.1 Å². The van der Waals surface area contributed by atoms with Crippen LogP contribution in [0.25, 0.3) is 10.8 Å². The van der Waals surface area contributed by atoms with E-state index in [9.17, 15) is 8.42 Å². The Balaban J connectivity index is 1.54. The number of aromatic nitrogens is 2. The second-order valence-corrected chi connectivity index (χ2v) is 8.85. The molecule has 134 valence electrons. The Bertz CT molecular complexity index is 1110. The van der Waals surface area contributed by atoms with Crippen molar-refractivity contribution in [3.63, 3.8) is 0 Å². The molecule has 1 saturated carbocycles. The fraction of sp³-hybridized carbons (Fsp3) is 0.333. The normalized spacial score (nSPS) is 20.1. The van der Waals surface area contributed by atoms with Gasteiger partial charge in [-0.2, -0.15) is 4.98 Å². The van der Waals surface area contributed by atoms with E-state index < -0.39 is 15.6 Å². The maximum atomic E-state index is 13.0. The molecule has 2 N–H and O–H groups in total. The number of nitrogens with two attached hydrogens (primary N) is 1. The molecule has 7 nitrogen and oxygen atoms in total. The van der Waals surface area contributed by atoms with Crippen LogP contribution < -0.4 is 10.0 Å². The summed E-state index contributed by atoms with van der Waals surface area (Å²) < 4.78 is 32.7. The first-order valence-electron chi connectivity index (χ1n) is 8.65. The number of benzene rings is 2. The Hall–Kier alpha value is -2.45. The minimum atomic E-state index is -3.65. The molecule has 1 aliphatic heterocycles. The lowest BCUT2D eigenvalue weighted by atomic mass is 9.99. The van der Waals surface area contributed by atoms with Crippen LogP contribution in [0.1, 0.15) is 37.4 Å². The number of rotatable bonds is 3. The lowest BCUT2D eigenvalue weighted by Crippen LogP contribution is -2.34. The third-order valence-electron chi connectivity index (χ3n) is 5.37. The molecule has 0 bridgehead atoms. The van der Waals surface area contributed by atoms with Crippen molar-refractivity contribution in [2.24, 2.45) is 5.73 Å². The van der Waals surface area contributed by atoms with Gasteiger partial charge < -0.3 is 10.3 Å². The van der Waals surface area contributed by atoms with Gasteiger partial charge in [-0.15, -0.1) is 0 Å². The molecule has 1 fully saturated rings. The molecule has 0 atom stereocenters. The van der Waals surface area contributed by atoms with E-state index in [1.165, 1.54) is 4.31 Å². The lowest BCUT2D eigenvalue weighted by molar-refractivity contribution is 0.349. The fourth-order valence-corrected chi connectivity index (χ4v) is 5.66. The van der Waals surface area contributed by atoms with Crippen LogP contribution in [0, 0.1) is 0 Å². The predicted molar refractivity (Wildman–Crippen MR) is 95.9 cm³/mol. The Morgan fingerprint density at radius 1 is 1.15 bits per heavy atom. The molecule has 2 heterocycles. The van der Waals surface area contributed by atoms with E-state index in [-0.39, 0.29) is 12.4 Å². The lowest BCUT2D eigenvalue weighted by Gasteiger charge is -2.18. The Morgan fingerprint density at radius 3 is 2.65 bits per heavy atom. The minimum Gasteiger partial charge on any atom is -0.337 e. The minimum absolute atomic E-state index is 0.000787. The number of hydrogen-bond donors (Lipinski definition) is 1. The number of hydrogen-bond acceptors (Lipinski definition) is 6. The van der Waals surface area contributed by atoms with Gasteiger partial charge in [-0.05, 0) is 30.4 Å². The van der Waals surface area contributed by atoms with Gasteiger partial charge in [0.1, 0.15) is 6.54 Å². The predicted octanol–water partition coefficient (Wildman–Crippen LogP) is 2.66. The average Bonchev–Trinajstić information content (AvgIpc) is 3.32. The van der Waals surface area contributed by atoms with Gasteiger partial charge in [-0.25, -0.2) is 8.42 Å². The van der Waals surface area contributed by atoms with E-state index in [1.54, 1.807) is 18.2 Å². The molecule has 0 spiro atoms. The maximum absolute atomic E-state index is 13.0. The number of anilines is 1. The van der Waals surface area contributed by atoms with Crippen LogP contribution >= 0.6 is 0 Å². The fourth-order valence-electron chi connectivity index (χ4n) is 4.00. The van der Waals surface area contributed by atoms with Crippen LogP contribution in [0.3, 0.4) is 0 Å². The van der Waals surface area contributed by atoms with Crippen molar-refractivity contribution < 1.29 is 12.9 Å². The summed E-state index contributed by atoms with van der Waals surface area (Å²) in [6.45, 7) is -0.000787. The molecule has 2 aliphatic rings. The van der Waals surface area contributed by atoms with Crippen LogP contribution in [0.15, 0.2) is 45.8 Å². The van der Waals surface area contributed by atoms with Crippen molar-refractivity contribution in [2.75, 3.05) is 4.31 Å². The van der Waals surface area contributed by atoms with Crippen LogP contribution in [0.4, 0.5) is 5.69 Å².